The molecule has 0 unspecified atom stereocenters. The summed E-state index contributed by atoms with van der Waals surface area (Å²) < 4.78 is 28.7. The van der Waals surface area contributed by atoms with Crippen molar-refractivity contribution >= 4 is 43.0 Å². The molecule has 0 bridgehead atoms. The van der Waals surface area contributed by atoms with E-state index >= 15 is 0 Å². The van der Waals surface area contributed by atoms with Crippen molar-refractivity contribution in [1.29, 1.82) is 0 Å². The van der Waals surface area contributed by atoms with Crippen molar-refractivity contribution in [3.8, 4) is 0 Å². The van der Waals surface area contributed by atoms with Crippen LogP contribution in [0.2, 0.25) is 0 Å². The molecular formula is C22H26N2O3S2. The highest BCUT2D eigenvalue weighted by Gasteiger charge is 2.24. The van der Waals surface area contributed by atoms with Crippen LogP contribution >= 0.6 is 11.3 Å². The van der Waals surface area contributed by atoms with Gasteiger partial charge in [0.2, 0.25) is 0 Å². The zero-order valence-corrected chi connectivity index (χ0v) is 18.8. The quantitative estimate of drug-likeness (QED) is 0.535. The van der Waals surface area contributed by atoms with Gasteiger partial charge < -0.3 is 4.90 Å². The number of fused-ring (bicyclic) bond motifs is 1. The lowest BCUT2D eigenvalue weighted by atomic mass is 10.2. The first-order chi connectivity index (χ1) is 13.8. The Bertz CT molecular complexity index is 1110. The normalized spacial score (nSPS) is 11.6. The van der Waals surface area contributed by atoms with Crippen molar-refractivity contribution in [2.45, 2.75) is 32.6 Å². The van der Waals surface area contributed by atoms with E-state index in [4.69, 9.17) is 0 Å². The van der Waals surface area contributed by atoms with Gasteiger partial charge in [0.15, 0.2) is 0 Å². The summed E-state index contributed by atoms with van der Waals surface area (Å²) in [7, 11) is -3.66. The number of hydrogen-bond donors (Lipinski definition) is 0. The molecule has 7 heteroatoms. The molecule has 0 spiro atoms. The second-order valence-electron chi connectivity index (χ2n) is 6.79. The Hall–Kier alpha value is -2.38. The molecule has 0 N–H and O–H groups in total. The van der Waals surface area contributed by atoms with Gasteiger partial charge >= 0.3 is 0 Å². The van der Waals surface area contributed by atoms with Crippen molar-refractivity contribution in [2.75, 3.05) is 23.9 Å². The Morgan fingerprint density at radius 1 is 0.931 bits per heavy atom. The lowest BCUT2D eigenvalue weighted by Gasteiger charge is -2.23. The Morgan fingerprint density at radius 3 is 2.17 bits per heavy atom. The highest BCUT2D eigenvalue weighted by atomic mass is 32.2. The highest BCUT2D eigenvalue weighted by molar-refractivity contribution is 7.92. The van der Waals surface area contributed by atoms with E-state index in [0.29, 0.717) is 30.2 Å². The number of thiophene rings is 1. The van der Waals surface area contributed by atoms with Crippen LogP contribution in [-0.4, -0.2) is 38.9 Å². The monoisotopic (exact) mass is 430 g/mol. The van der Waals surface area contributed by atoms with Gasteiger partial charge in [-0.2, -0.15) is 0 Å². The first kappa shape index (κ1) is 21.3. The maximum atomic E-state index is 13.2. The summed E-state index contributed by atoms with van der Waals surface area (Å²) in [4.78, 5) is 15.4. The fourth-order valence-corrected chi connectivity index (χ4v) is 5.76. The van der Waals surface area contributed by atoms with E-state index in [2.05, 4.69) is 0 Å². The summed E-state index contributed by atoms with van der Waals surface area (Å²) in [5, 5.41) is 0.876. The van der Waals surface area contributed by atoms with Gasteiger partial charge in [0, 0.05) is 24.3 Å². The maximum Gasteiger partial charge on any atom is 0.264 e. The summed E-state index contributed by atoms with van der Waals surface area (Å²) in [6, 6.07) is 14.3. The number of carbonyl (C=O) groups is 1. The Kier molecular flexibility index (Phi) is 6.29. The molecule has 0 saturated carbocycles. The number of anilines is 1. The van der Waals surface area contributed by atoms with E-state index in [1.807, 2.05) is 45.9 Å². The van der Waals surface area contributed by atoms with Crippen LogP contribution in [0.3, 0.4) is 0 Å². The summed E-state index contributed by atoms with van der Waals surface area (Å²) in [6.07, 6.45) is 0. The van der Waals surface area contributed by atoms with Gasteiger partial charge in [-0.05, 0) is 69.5 Å². The zero-order valence-electron chi connectivity index (χ0n) is 17.2. The lowest BCUT2D eigenvalue weighted by molar-refractivity contribution is 0.0778. The first-order valence-electron chi connectivity index (χ1n) is 9.74. The smallest absolute Gasteiger partial charge is 0.264 e. The molecule has 1 amide bonds. The molecule has 2 aromatic carbocycles. The Labute approximate surface area is 176 Å². The predicted octanol–water partition coefficient (Wildman–Crippen LogP) is 4.91. The van der Waals surface area contributed by atoms with Crippen LogP contribution in [0.5, 0.6) is 0 Å². The zero-order chi connectivity index (χ0) is 21.2. The molecule has 0 aliphatic heterocycles. The molecule has 0 fully saturated rings. The van der Waals surface area contributed by atoms with Crippen LogP contribution in [0.15, 0.2) is 53.4 Å². The fraction of sp³-hybridized carbons (Fsp3) is 0.318. The Balaban J connectivity index is 2.00. The number of aryl methyl sites for hydroxylation is 1. The second-order valence-corrected chi connectivity index (χ2v) is 9.74. The number of hydrogen-bond acceptors (Lipinski definition) is 4. The third kappa shape index (κ3) is 4.16. The highest BCUT2D eigenvalue weighted by Crippen LogP contribution is 2.32. The van der Waals surface area contributed by atoms with E-state index < -0.39 is 10.0 Å². The SMILES string of the molecule is CCN(CC)C(=O)c1cc2cc(N(CC)S(=O)(=O)c3ccc(C)cc3)ccc2s1. The molecule has 3 rings (SSSR count). The number of nitrogens with zero attached hydrogens (tertiary/aromatic N) is 2. The van der Waals surface area contributed by atoms with Crippen molar-refractivity contribution in [1.82, 2.24) is 4.90 Å². The van der Waals surface area contributed by atoms with E-state index in [0.717, 1.165) is 15.6 Å². The summed E-state index contributed by atoms with van der Waals surface area (Å²) >= 11 is 1.44. The minimum atomic E-state index is -3.66. The number of sulfonamides is 1. The van der Waals surface area contributed by atoms with Gasteiger partial charge in [0.1, 0.15) is 0 Å². The number of rotatable bonds is 7. The number of benzene rings is 2. The minimum Gasteiger partial charge on any atom is -0.339 e. The van der Waals surface area contributed by atoms with Crippen molar-refractivity contribution in [3.05, 3.63) is 59.0 Å². The topological polar surface area (TPSA) is 57.7 Å². The van der Waals surface area contributed by atoms with Crippen LogP contribution in [0.25, 0.3) is 10.1 Å². The largest absolute Gasteiger partial charge is 0.339 e. The molecule has 0 saturated heterocycles. The first-order valence-corrected chi connectivity index (χ1v) is 12.0. The molecule has 154 valence electrons. The minimum absolute atomic E-state index is 0.0115. The molecule has 1 heterocycles. The maximum absolute atomic E-state index is 13.2. The average molecular weight is 431 g/mol. The van der Waals surface area contributed by atoms with Crippen LogP contribution in [0.1, 0.15) is 36.0 Å². The van der Waals surface area contributed by atoms with Gasteiger partial charge in [-0.15, -0.1) is 11.3 Å². The molecule has 0 atom stereocenters. The molecule has 0 radical (unpaired) electrons. The number of carbonyl (C=O) groups excluding carboxylic acids is 1. The van der Waals surface area contributed by atoms with Crippen molar-refractivity contribution in [2.24, 2.45) is 0 Å². The van der Waals surface area contributed by atoms with E-state index in [1.54, 1.807) is 35.2 Å². The summed E-state index contributed by atoms with van der Waals surface area (Å²) in [6.45, 7) is 9.30. The van der Waals surface area contributed by atoms with Crippen LogP contribution < -0.4 is 4.31 Å². The van der Waals surface area contributed by atoms with Crippen molar-refractivity contribution < 1.29 is 13.2 Å². The summed E-state index contributed by atoms with van der Waals surface area (Å²) in [5.41, 5.74) is 1.61. The molecule has 0 aliphatic rings. The predicted molar refractivity (Wildman–Crippen MR) is 120 cm³/mol. The summed E-state index contributed by atoms with van der Waals surface area (Å²) in [5.74, 6) is 0.0115. The van der Waals surface area contributed by atoms with Crippen LogP contribution in [0, 0.1) is 6.92 Å². The molecular weight excluding hydrogens is 404 g/mol. The standard InChI is InChI=1S/C22H26N2O3S2/c1-5-23(6-2)22(25)21-15-17-14-18(10-13-20(17)28-21)24(7-3)29(26,27)19-11-8-16(4)9-12-19/h8-15H,5-7H2,1-4H3. The van der Waals surface area contributed by atoms with Gasteiger partial charge in [-0.1, -0.05) is 17.7 Å². The molecule has 0 aliphatic carbocycles. The molecule has 3 aromatic rings. The van der Waals surface area contributed by atoms with Crippen molar-refractivity contribution in [3.63, 3.8) is 0 Å². The lowest BCUT2D eigenvalue weighted by Crippen LogP contribution is -2.30. The van der Waals surface area contributed by atoms with E-state index in [1.165, 1.54) is 15.6 Å². The van der Waals surface area contributed by atoms with Gasteiger partial charge in [0.05, 0.1) is 15.5 Å². The van der Waals surface area contributed by atoms with Gasteiger partial charge in [-0.25, -0.2) is 8.42 Å². The fourth-order valence-electron chi connectivity index (χ4n) is 3.29. The third-order valence-corrected chi connectivity index (χ3v) is 7.97. The second kappa shape index (κ2) is 8.55. The van der Waals surface area contributed by atoms with Gasteiger partial charge in [0.25, 0.3) is 15.9 Å². The average Bonchev–Trinajstić information content (AvgIpc) is 3.13. The van der Waals surface area contributed by atoms with Gasteiger partial charge in [-0.3, -0.25) is 9.10 Å². The Morgan fingerprint density at radius 2 is 1.59 bits per heavy atom. The number of amides is 1. The molecule has 5 nitrogen and oxygen atoms in total. The van der Waals surface area contributed by atoms with E-state index in [-0.39, 0.29) is 10.8 Å². The molecule has 29 heavy (non-hydrogen) atoms. The van der Waals surface area contributed by atoms with Crippen LogP contribution in [-0.2, 0) is 10.0 Å². The molecule has 1 aromatic heterocycles. The van der Waals surface area contributed by atoms with Crippen LogP contribution in [0.4, 0.5) is 5.69 Å². The van der Waals surface area contributed by atoms with E-state index in [9.17, 15) is 13.2 Å². The third-order valence-electron chi connectivity index (χ3n) is 4.95.